The van der Waals surface area contributed by atoms with Crippen molar-refractivity contribution in [2.75, 3.05) is 13.1 Å². The zero-order valence-corrected chi connectivity index (χ0v) is 16.2. The third kappa shape index (κ3) is 6.82. The van der Waals surface area contributed by atoms with Crippen LogP contribution in [0.15, 0.2) is 28.9 Å². The van der Waals surface area contributed by atoms with Crippen molar-refractivity contribution in [1.82, 2.24) is 25.9 Å². The maximum atomic E-state index is 12.1. The van der Waals surface area contributed by atoms with Crippen molar-refractivity contribution >= 4 is 17.7 Å². The molecule has 0 saturated heterocycles. The molecular weight excluding hydrogens is 362 g/mol. The molecule has 9 heteroatoms. The van der Waals surface area contributed by atoms with E-state index >= 15 is 0 Å². The summed E-state index contributed by atoms with van der Waals surface area (Å²) in [4.78, 5) is 44.0. The molecular formula is C19H25N5O4. The molecule has 0 aliphatic heterocycles. The van der Waals surface area contributed by atoms with Gasteiger partial charge < -0.3 is 20.4 Å². The van der Waals surface area contributed by atoms with E-state index in [0.29, 0.717) is 24.5 Å². The predicted octanol–water partition coefficient (Wildman–Crippen LogP) is 1.13. The highest BCUT2D eigenvalue weighted by Gasteiger charge is 2.12. The van der Waals surface area contributed by atoms with Crippen LogP contribution in [0.2, 0.25) is 0 Å². The van der Waals surface area contributed by atoms with Gasteiger partial charge in [-0.1, -0.05) is 0 Å². The fraction of sp³-hybridized carbons (Fsp3) is 0.421. The lowest BCUT2D eigenvalue weighted by molar-refractivity contribution is -0.121. The lowest BCUT2D eigenvalue weighted by atomic mass is 10.2. The Labute approximate surface area is 163 Å². The maximum absolute atomic E-state index is 12.1. The smallest absolute Gasteiger partial charge is 0.286 e. The number of carbonyl (C=O) groups excluding carboxylic acids is 3. The molecule has 0 bridgehead atoms. The van der Waals surface area contributed by atoms with Gasteiger partial charge in [0.1, 0.15) is 11.5 Å². The summed E-state index contributed by atoms with van der Waals surface area (Å²) in [6, 6.07) is 4.68. The fourth-order valence-corrected chi connectivity index (χ4v) is 2.53. The highest BCUT2D eigenvalue weighted by Crippen LogP contribution is 2.01. The molecule has 150 valence electrons. The number of aryl methyl sites for hydroxylation is 2. The SMILES string of the molecule is Cc1cc(C(=O)NCC[C@H](C)NC(=O)CCNC(=O)c2ccco2)nc(C)n1. The van der Waals surface area contributed by atoms with Crippen LogP contribution in [0.4, 0.5) is 0 Å². The van der Waals surface area contributed by atoms with E-state index < -0.39 is 0 Å². The van der Waals surface area contributed by atoms with Crippen LogP contribution >= 0.6 is 0 Å². The lowest BCUT2D eigenvalue weighted by Gasteiger charge is -2.14. The van der Waals surface area contributed by atoms with Crippen molar-refractivity contribution < 1.29 is 18.8 Å². The van der Waals surface area contributed by atoms with Crippen LogP contribution in [0.25, 0.3) is 0 Å². The highest BCUT2D eigenvalue weighted by molar-refractivity contribution is 5.92. The number of nitrogens with one attached hydrogen (secondary N) is 3. The summed E-state index contributed by atoms with van der Waals surface area (Å²) in [7, 11) is 0. The Hall–Kier alpha value is -3.23. The molecule has 2 aromatic rings. The van der Waals surface area contributed by atoms with Gasteiger partial charge in [0, 0.05) is 31.2 Å². The van der Waals surface area contributed by atoms with Crippen molar-refractivity contribution in [3.05, 3.63) is 47.4 Å². The largest absolute Gasteiger partial charge is 0.459 e. The monoisotopic (exact) mass is 387 g/mol. The van der Waals surface area contributed by atoms with Crippen LogP contribution in [0.3, 0.4) is 0 Å². The first-order valence-electron chi connectivity index (χ1n) is 9.06. The Balaban J connectivity index is 1.63. The maximum Gasteiger partial charge on any atom is 0.286 e. The Morgan fingerprint density at radius 3 is 2.54 bits per heavy atom. The first kappa shape index (κ1) is 21.1. The van der Waals surface area contributed by atoms with Gasteiger partial charge in [0.2, 0.25) is 5.91 Å². The van der Waals surface area contributed by atoms with Crippen LogP contribution in [-0.2, 0) is 4.79 Å². The Bertz CT molecular complexity index is 799. The average Bonchev–Trinajstić information content (AvgIpc) is 3.15. The first-order valence-corrected chi connectivity index (χ1v) is 9.06. The van der Waals surface area contributed by atoms with Crippen LogP contribution < -0.4 is 16.0 Å². The van der Waals surface area contributed by atoms with E-state index in [9.17, 15) is 14.4 Å². The minimum absolute atomic E-state index is 0.123. The molecule has 0 spiro atoms. The van der Waals surface area contributed by atoms with E-state index in [4.69, 9.17) is 4.42 Å². The van der Waals surface area contributed by atoms with Gasteiger partial charge in [0.05, 0.1) is 6.26 Å². The Morgan fingerprint density at radius 1 is 1.11 bits per heavy atom. The van der Waals surface area contributed by atoms with Gasteiger partial charge in [-0.05, 0) is 45.4 Å². The molecule has 0 saturated carbocycles. The second-order valence-electron chi connectivity index (χ2n) is 6.44. The van der Waals surface area contributed by atoms with E-state index in [1.807, 2.05) is 6.92 Å². The number of hydrogen-bond acceptors (Lipinski definition) is 6. The van der Waals surface area contributed by atoms with Crippen molar-refractivity contribution in [1.29, 1.82) is 0 Å². The number of hydrogen-bond donors (Lipinski definition) is 3. The van der Waals surface area contributed by atoms with Gasteiger partial charge in [-0.25, -0.2) is 9.97 Å². The summed E-state index contributed by atoms with van der Waals surface area (Å²) in [6.45, 7) is 6.00. The molecule has 2 rings (SSSR count). The predicted molar refractivity (Wildman–Crippen MR) is 102 cm³/mol. The fourth-order valence-electron chi connectivity index (χ4n) is 2.53. The summed E-state index contributed by atoms with van der Waals surface area (Å²) < 4.78 is 4.97. The third-order valence-corrected chi connectivity index (χ3v) is 3.85. The van der Waals surface area contributed by atoms with Gasteiger partial charge in [-0.15, -0.1) is 0 Å². The second kappa shape index (κ2) is 10.2. The molecule has 0 radical (unpaired) electrons. The van der Waals surface area contributed by atoms with Gasteiger partial charge in [-0.3, -0.25) is 14.4 Å². The number of amides is 3. The minimum atomic E-state index is -0.358. The molecule has 3 N–H and O–H groups in total. The van der Waals surface area contributed by atoms with Crippen molar-refractivity contribution in [2.24, 2.45) is 0 Å². The molecule has 0 aliphatic rings. The summed E-state index contributed by atoms with van der Waals surface area (Å²) in [5, 5.41) is 8.22. The quantitative estimate of drug-likeness (QED) is 0.592. The van der Waals surface area contributed by atoms with Crippen LogP contribution in [0, 0.1) is 13.8 Å². The number of aromatic nitrogens is 2. The van der Waals surface area contributed by atoms with Gasteiger partial charge in [0.25, 0.3) is 11.8 Å². The topological polar surface area (TPSA) is 126 Å². The van der Waals surface area contributed by atoms with Crippen molar-refractivity contribution in [3.8, 4) is 0 Å². The van der Waals surface area contributed by atoms with Crippen LogP contribution in [0.5, 0.6) is 0 Å². The molecule has 9 nitrogen and oxygen atoms in total. The summed E-state index contributed by atoms with van der Waals surface area (Å²) >= 11 is 0. The van der Waals surface area contributed by atoms with Gasteiger partial charge in [-0.2, -0.15) is 0 Å². The molecule has 0 aliphatic carbocycles. The highest BCUT2D eigenvalue weighted by atomic mass is 16.3. The minimum Gasteiger partial charge on any atom is -0.459 e. The Kier molecular flexibility index (Phi) is 7.67. The van der Waals surface area contributed by atoms with E-state index in [-0.39, 0.29) is 42.5 Å². The second-order valence-corrected chi connectivity index (χ2v) is 6.44. The summed E-state index contributed by atoms with van der Waals surface area (Å²) in [5.74, 6) is -0.0549. The summed E-state index contributed by atoms with van der Waals surface area (Å²) in [5.41, 5.74) is 1.06. The van der Waals surface area contributed by atoms with Crippen molar-refractivity contribution in [3.63, 3.8) is 0 Å². The van der Waals surface area contributed by atoms with Gasteiger partial charge >= 0.3 is 0 Å². The number of carbonyl (C=O) groups is 3. The van der Waals surface area contributed by atoms with Crippen LogP contribution in [-0.4, -0.2) is 46.8 Å². The molecule has 2 aromatic heterocycles. The lowest BCUT2D eigenvalue weighted by Crippen LogP contribution is -2.38. The molecule has 0 aromatic carbocycles. The normalized spacial score (nSPS) is 11.5. The standard InChI is InChI=1S/C19H25N5O4/c1-12(6-8-20-18(26)15-11-13(2)22-14(3)24-15)23-17(25)7-9-21-19(27)16-5-4-10-28-16/h4-5,10-12H,6-9H2,1-3H3,(H,20,26)(H,21,27)(H,23,25)/t12-/m0/s1. The molecule has 2 heterocycles. The zero-order valence-electron chi connectivity index (χ0n) is 16.2. The third-order valence-electron chi connectivity index (χ3n) is 3.85. The van der Waals surface area contributed by atoms with E-state index in [1.165, 1.54) is 6.26 Å². The molecule has 28 heavy (non-hydrogen) atoms. The number of rotatable bonds is 9. The van der Waals surface area contributed by atoms with Crippen molar-refractivity contribution in [2.45, 2.75) is 39.7 Å². The molecule has 0 unspecified atom stereocenters. The summed E-state index contributed by atoms with van der Waals surface area (Å²) in [6.07, 6.45) is 2.14. The van der Waals surface area contributed by atoms with E-state index in [0.717, 1.165) is 5.69 Å². The van der Waals surface area contributed by atoms with Gasteiger partial charge in [0.15, 0.2) is 5.76 Å². The number of nitrogens with zero attached hydrogens (tertiary/aromatic N) is 2. The van der Waals surface area contributed by atoms with E-state index in [1.54, 1.807) is 32.0 Å². The molecule has 1 atom stereocenters. The zero-order chi connectivity index (χ0) is 20.5. The van der Waals surface area contributed by atoms with E-state index in [2.05, 4.69) is 25.9 Å². The molecule has 3 amide bonds. The number of furan rings is 1. The first-order chi connectivity index (χ1) is 13.3. The average molecular weight is 387 g/mol. The van der Waals surface area contributed by atoms with Crippen LogP contribution in [0.1, 0.15) is 52.3 Å². The molecule has 0 fully saturated rings. The Morgan fingerprint density at radius 2 is 1.86 bits per heavy atom.